The molecule has 1 atom stereocenters. The highest BCUT2D eigenvalue weighted by Crippen LogP contribution is 2.36. The van der Waals surface area contributed by atoms with Crippen LogP contribution < -0.4 is 10.5 Å². The van der Waals surface area contributed by atoms with Crippen molar-refractivity contribution >= 4 is 27.3 Å². The van der Waals surface area contributed by atoms with Crippen molar-refractivity contribution in [3.63, 3.8) is 0 Å². The lowest BCUT2D eigenvalue weighted by atomic mass is 9.97. The highest BCUT2D eigenvalue weighted by Gasteiger charge is 2.13. The van der Waals surface area contributed by atoms with Gasteiger partial charge < -0.3 is 10.5 Å². The zero-order valence-corrected chi connectivity index (χ0v) is 18.9. The largest absolute Gasteiger partial charge is 0.473 e. The summed E-state index contributed by atoms with van der Waals surface area (Å²) in [7, 11) is 0. The van der Waals surface area contributed by atoms with Gasteiger partial charge in [-0.05, 0) is 53.6 Å². The number of thiophene rings is 1. The van der Waals surface area contributed by atoms with Gasteiger partial charge in [-0.15, -0.1) is 17.3 Å². The Kier molecular flexibility index (Phi) is 6.53. The molecule has 0 fully saturated rings. The first-order valence-corrected chi connectivity index (χ1v) is 11.3. The average molecular weight is 441 g/mol. The van der Waals surface area contributed by atoms with Crippen molar-refractivity contribution < 1.29 is 9.53 Å². The first-order valence-electron chi connectivity index (χ1n) is 10.4. The molecule has 0 aliphatic carbocycles. The number of nitrogens with zero attached hydrogens (tertiary/aromatic N) is 1. The van der Waals surface area contributed by atoms with Crippen molar-refractivity contribution in [2.45, 2.75) is 32.8 Å². The van der Waals surface area contributed by atoms with Crippen molar-refractivity contribution in [2.24, 2.45) is 5.73 Å². The van der Waals surface area contributed by atoms with E-state index in [-0.39, 0.29) is 18.2 Å². The maximum atomic E-state index is 11.3. The second kappa shape index (κ2) is 9.67. The van der Waals surface area contributed by atoms with Gasteiger partial charge in [0.1, 0.15) is 6.61 Å². The van der Waals surface area contributed by atoms with Gasteiger partial charge in [-0.3, -0.25) is 4.79 Å². The molecule has 160 valence electrons. The molecule has 2 heterocycles. The van der Waals surface area contributed by atoms with Crippen LogP contribution in [0, 0.1) is 18.8 Å². The van der Waals surface area contributed by atoms with Crippen LogP contribution in [0.4, 0.5) is 0 Å². The van der Waals surface area contributed by atoms with Crippen LogP contribution in [0.5, 0.6) is 5.88 Å². The van der Waals surface area contributed by atoms with E-state index in [4.69, 9.17) is 10.5 Å². The van der Waals surface area contributed by atoms with Crippen molar-refractivity contribution in [2.75, 3.05) is 0 Å². The maximum absolute atomic E-state index is 11.3. The Morgan fingerprint density at radius 2 is 2.00 bits per heavy atom. The number of carbonyl (C=O) groups is 1. The molecule has 4 aromatic rings. The van der Waals surface area contributed by atoms with E-state index in [1.165, 1.54) is 26.8 Å². The minimum absolute atomic E-state index is 0.173. The monoisotopic (exact) mass is 440 g/mol. The normalized spacial score (nSPS) is 11.6. The quantitative estimate of drug-likeness (QED) is 0.368. The number of amides is 1. The zero-order valence-electron chi connectivity index (χ0n) is 18.1. The summed E-state index contributed by atoms with van der Waals surface area (Å²) >= 11 is 1.76. The number of fused-ring (bicyclic) bond motifs is 1. The van der Waals surface area contributed by atoms with Crippen molar-refractivity contribution in [3.05, 3.63) is 82.9 Å². The lowest BCUT2D eigenvalue weighted by Crippen LogP contribution is -2.14. The number of aromatic nitrogens is 1. The maximum Gasteiger partial charge on any atom is 0.219 e. The first kappa shape index (κ1) is 21.6. The van der Waals surface area contributed by atoms with Crippen molar-refractivity contribution in [1.82, 2.24) is 4.98 Å². The lowest BCUT2D eigenvalue weighted by Gasteiger charge is -2.10. The van der Waals surface area contributed by atoms with E-state index in [0.29, 0.717) is 12.5 Å². The fourth-order valence-corrected chi connectivity index (χ4v) is 4.66. The van der Waals surface area contributed by atoms with Crippen LogP contribution >= 0.6 is 11.3 Å². The Bertz CT molecular complexity index is 1310. The van der Waals surface area contributed by atoms with Crippen molar-refractivity contribution in [3.8, 4) is 28.8 Å². The van der Waals surface area contributed by atoms with Crippen LogP contribution in [0.3, 0.4) is 0 Å². The van der Waals surface area contributed by atoms with Gasteiger partial charge in [0, 0.05) is 34.3 Å². The molecule has 4 nitrogen and oxygen atoms in total. The predicted octanol–water partition coefficient (Wildman–Crippen LogP) is 5.83. The summed E-state index contributed by atoms with van der Waals surface area (Å²) in [4.78, 5) is 15.7. The summed E-state index contributed by atoms with van der Waals surface area (Å²) < 4.78 is 7.18. The summed E-state index contributed by atoms with van der Waals surface area (Å²) in [5.74, 6) is 5.76. The molecule has 32 heavy (non-hydrogen) atoms. The Hall–Kier alpha value is -3.62. The SMILES string of the molecule is CC#C[C@@H](CC(N)=O)c1ccc(OCc2ccc3scc(-c4ccccc4C)c3c2)nc1. The lowest BCUT2D eigenvalue weighted by molar-refractivity contribution is -0.118. The second-order valence-corrected chi connectivity index (χ2v) is 8.54. The molecular weight excluding hydrogens is 416 g/mol. The molecule has 0 radical (unpaired) electrons. The molecule has 1 amide bonds. The van der Waals surface area contributed by atoms with E-state index in [0.717, 1.165) is 11.1 Å². The summed E-state index contributed by atoms with van der Waals surface area (Å²) in [6, 6.07) is 18.6. The molecule has 0 saturated carbocycles. The highest BCUT2D eigenvalue weighted by molar-refractivity contribution is 7.17. The average Bonchev–Trinajstić information content (AvgIpc) is 3.21. The standard InChI is InChI=1S/C27H24N2O2S/c1-3-6-20(14-26(28)30)21-10-12-27(29-15-21)31-16-19-9-11-25-23(13-19)24(17-32-25)22-8-5-4-7-18(22)2/h4-5,7-13,15,17,20H,14,16H2,1-2H3,(H2,28,30)/t20-/m0/s1. The Balaban J connectivity index is 1.51. The van der Waals surface area contributed by atoms with Crippen LogP contribution in [-0.4, -0.2) is 10.9 Å². The molecule has 0 bridgehead atoms. The van der Waals surface area contributed by atoms with Crippen LogP contribution in [0.25, 0.3) is 21.2 Å². The molecule has 2 N–H and O–H groups in total. The third kappa shape index (κ3) is 4.82. The van der Waals surface area contributed by atoms with E-state index < -0.39 is 0 Å². The number of pyridine rings is 1. The number of hydrogen-bond donors (Lipinski definition) is 1. The number of aryl methyl sites for hydroxylation is 1. The number of ether oxygens (including phenoxy) is 1. The van der Waals surface area contributed by atoms with Gasteiger partial charge >= 0.3 is 0 Å². The minimum Gasteiger partial charge on any atom is -0.473 e. The van der Waals surface area contributed by atoms with Gasteiger partial charge in [-0.25, -0.2) is 4.98 Å². The number of carbonyl (C=O) groups excluding carboxylic acids is 1. The number of rotatable bonds is 7. The molecule has 0 aliphatic rings. The molecule has 2 aromatic heterocycles. The summed E-state index contributed by atoms with van der Waals surface area (Å²) in [6.45, 7) is 4.31. The fraction of sp³-hybridized carbons (Fsp3) is 0.185. The first-order chi connectivity index (χ1) is 15.5. The van der Waals surface area contributed by atoms with Crippen LogP contribution in [-0.2, 0) is 11.4 Å². The van der Waals surface area contributed by atoms with Gasteiger partial charge in [0.05, 0.1) is 5.92 Å². The van der Waals surface area contributed by atoms with E-state index in [9.17, 15) is 4.79 Å². The van der Waals surface area contributed by atoms with Gasteiger partial charge in [0.25, 0.3) is 0 Å². The van der Waals surface area contributed by atoms with E-state index in [2.05, 4.69) is 71.6 Å². The predicted molar refractivity (Wildman–Crippen MR) is 131 cm³/mol. The fourth-order valence-electron chi connectivity index (χ4n) is 3.72. The van der Waals surface area contributed by atoms with E-state index >= 15 is 0 Å². The third-order valence-electron chi connectivity index (χ3n) is 5.35. The zero-order chi connectivity index (χ0) is 22.5. The number of primary amides is 1. The van der Waals surface area contributed by atoms with Crippen LogP contribution in [0.2, 0.25) is 0 Å². The summed E-state index contributed by atoms with van der Waals surface area (Å²) in [6.07, 6.45) is 1.87. The molecule has 0 aliphatic heterocycles. The molecule has 0 saturated heterocycles. The van der Waals surface area contributed by atoms with Gasteiger partial charge in [0.2, 0.25) is 11.8 Å². The molecule has 0 unspecified atom stereocenters. The number of nitrogens with two attached hydrogens (primary N) is 1. The molecule has 2 aromatic carbocycles. The minimum atomic E-state index is -0.382. The van der Waals surface area contributed by atoms with Crippen molar-refractivity contribution in [1.29, 1.82) is 0 Å². The Morgan fingerprint density at radius 3 is 2.72 bits per heavy atom. The molecular formula is C27H24N2O2S. The number of hydrogen-bond acceptors (Lipinski definition) is 4. The highest BCUT2D eigenvalue weighted by atomic mass is 32.1. The van der Waals surface area contributed by atoms with E-state index in [1.807, 2.05) is 12.1 Å². The van der Waals surface area contributed by atoms with Gasteiger partial charge in [-0.2, -0.15) is 0 Å². The molecule has 0 spiro atoms. The summed E-state index contributed by atoms with van der Waals surface area (Å²) in [5.41, 5.74) is 11.1. The van der Waals surface area contributed by atoms with Crippen LogP contribution in [0.1, 0.15) is 36.0 Å². The third-order valence-corrected chi connectivity index (χ3v) is 6.31. The van der Waals surface area contributed by atoms with Crippen LogP contribution in [0.15, 0.2) is 66.2 Å². The Labute approximate surface area is 192 Å². The van der Waals surface area contributed by atoms with Gasteiger partial charge in [-0.1, -0.05) is 42.3 Å². The topological polar surface area (TPSA) is 65.2 Å². The summed E-state index contributed by atoms with van der Waals surface area (Å²) in [5, 5.41) is 3.46. The molecule has 4 rings (SSSR count). The van der Waals surface area contributed by atoms with Gasteiger partial charge in [0.15, 0.2) is 0 Å². The van der Waals surface area contributed by atoms with E-state index in [1.54, 1.807) is 24.5 Å². The second-order valence-electron chi connectivity index (χ2n) is 7.63. The Morgan fingerprint density at radius 1 is 1.16 bits per heavy atom. The molecule has 5 heteroatoms. The smallest absolute Gasteiger partial charge is 0.219 e. The number of benzene rings is 2.